The normalized spacial score (nSPS) is 15.4. The summed E-state index contributed by atoms with van der Waals surface area (Å²) in [6.45, 7) is 0.471. The monoisotopic (exact) mass is 438 g/mol. The second-order valence-electron chi connectivity index (χ2n) is 5.98. The van der Waals surface area contributed by atoms with Crippen molar-refractivity contribution in [1.82, 2.24) is 0 Å². The topological polar surface area (TPSA) is 64.7 Å². The number of hydrogen-bond acceptors (Lipinski definition) is 4. The first-order valence-corrected chi connectivity index (χ1v) is 9.88. The largest absolute Gasteiger partial charge is 0.488 e. The summed E-state index contributed by atoms with van der Waals surface area (Å²) in [7, 11) is 0. The molecule has 1 amide bonds. The number of thioether (sulfide) groups is 1. The molecule has 0 bridgehead atoms. The molecule has 0 fully saturated rings. The molecule has 1 aliphatic rings. The minimum Gasteiger partial charge on any atom is -0.488 e. The van der Waals surface area contributed by atoms with E-state index >= 15 is 0 Å². The Morgan fingerprint density at radius 2 is 1.93 bits per heavy atom. The van der Waals surface area contributed by atoms with E-state index in [-0.39, 0.29) is 11.1 Å². The van der Waals surface area contributed by atoms with Gasteiger partial charge in [0, 0.05) is 0 Å². The average molecular weight is 439 g/mol. The van der Waals surface area contributed by atoms with Gasteiger partial charge in [0.25, 0.3) is 5.91 Å². The van der Waals surface area contributed by atoms with E-state index in [1.165, 1.54) is 22.5 Å². The molecule has 4 nitrogen and oxygen atoms in total. The first kappa shape index (κ1) is 17.8. The van der Waals surface area contributed by atoms with Gasteiger partial charge in [-0.05, 0) is 67.8 Å². The van der Waals surface area contributed by atoms with E-state index in [9.17, 15) is 4.79 Å². The summed E-state index contributed by atoms with van der Waals surface area (Å²) in [6.07, 6.45) is 1.77. The summed E-state index contributed by atoms with van der Waals surface area (Å²) in [5.74, 6) is 0.441. The summed E-state index contributed by atoms with van der Waals surface area (Å²) in [4.78, 5) is 15.9. The van der Waals surface area contributed by atoms with Gasteiger partial charge in [0.1, 0.15) is 12.4 Å². The van der Waals surface area contributed by atoms with Gasteiger partial charge in [0.2, 0.25) is 0 Å². The van der Waals surface area contributed by atoms with E-state index in [1.807, 2.05) is 36.4 Å². The standard InChI is InChI=1S/C21H15BrN2O2S/c22-17-10-13(11-19-20(25)24-21(23)27-19)8-9-18(17)26-12-15-6-3-5-14-4-1-2-7-16(14)15/h1-11H,12H2,(H2,23,24,25). The van der Waals surface area contributed by atoms with E-state index in [2.05, 4.69) is 45.2 Å². The van der Waals surface area contributed by atoms with Crippen LogP contribution in [0.4, 0.5) is 0 Å². The number of amidine groups is 1. The van der Waals surface area contributed by atoms with Crippen molar-refractivity contribution in [2.75, 3.05) is 0 Å². The fourth-order valence-corrected chi connectivity index (χ4v) is 4.07. The number of carbonyl (C=O) groups excluding carboxylic acids is 1. The molecule has 0 spiro atoms. The lowest BCUT2D eigenvalue weighted by Gasteiger charge is -2.11. The molecule has 2 N–H and O–H groups in total. The van der Waals surface area contributed by atoms with Crippen molar-refractivity contribution >= 4 is 55.6 Å². The Bertz CT molecular complexity index is 1100. The number of carbonyl (C=O) groups is 1. The number of nitrogens with two attached hydrogens (primary N) is 1. The zero-order valence-electron chi connectivity index (χ0n) is 14.2. The van der Waals surface area contributed by atoms with Crippen LogP contribution in [0.25, 0.3) is 16.8 Å². The average Bonchev–Trinajstić information content (AvgIpc) is 2.98. The zero-order valence-corrected chi connectivity index (χ0v) is 16.6. The van der Waals surface area contributed by atoms with Crippen molar-refractivity contribution in [3.63, 3.8) is 0 Å². The predicted molar refractivity (Wildman–Crippen MR) is 115 cm³/mol. The quantitative estimate of drug-likeness (QED) is 0.574. The highest BCUT2D eigenvalue weighted by Crippen LogP contribution is 2.31. The Labute approximate surface area is 169 Å². The summed E-state index contributed by atoms with van der Waals surface area (Å²) in [5.41, 5.74) is 7.59. The van der Waals surface area contributed by atoms with Crippen LogP contribution < -0.4 is 10.5 Å². The number of rotatable bonds is 4. The highest BCUT2D eigenvalue weighted by Gasteiger charge is 2.19. The van der Waals surface area contributed by atoms with Gasteiger partial charge in [0.15, 0.2) is 5.17 Å². The summed E-state index contributed by atoms with van der Waals surface area (Å²) in [5, 5.41) is 2.66. The molecule has 0 aliphatic carbocycles. The number of benzene rings is 3. The van der Waals surface area contributed by atoms with Gasteiger partial charge in [-0.25, -0.2) is 0 Å². The van der Waals surface area contributed by atoms with Crippen LogP contribution in [0.1, 0.15) is 11.1 Å². The minimum absolute atomic E-state index is 0.278. The lowest BCUT2D eigenvalue weighted by Crippen LogP contribution is -2.01. The lowest BCUT2D eigenvalue weighted by atomic mass is 10.1. The van der Waals surface area contributed by atoms with E-state index in [0.29, 0.717) is 11.5 Å². The lowest BCUT2D eigenvalue weighted by molar-refractivity contribution is -0.113. The number of halogens is 1. The molecule has 1 heterocycles. The van der Waals surface area contributed by atoms with Gasteiger partial charge in [-0.2, -0.15) is 4.99 Å². The van der Waals surface area contributed by atoms with Gasteiger partial charge < -0.3 is 10.5 Å². The van der Waals surface area contributed by atoms with Gasteiger partial charge in [-0.3, -0.25) is 4.79 Å². The zero-order chi connectivity index (χ0) is 18.8. The molecular weight excluding hydrogens is 424 g/mol. The number of fused-ring (bicyclic) bond motifs is 1. The van der Waals surface area contributed by atoms with Gasteiger partial charge >= 0.3 is 0 Å². The summed E-state index contributed by atoms with van der Waals surface area (Å²) in [6, 6.07) is 20.2. The molecule has 0 unspecified atom stereocenters. The Hall–Kier alpha value is -2.57. The Kier molecular flexibility index (Phi) is 5.01. The molecule has 0 saturated carbocycles. The highest BCUT2D eigenvalue weighted by molar-refractivity contribution is 9.10. The molecule has 0 aromatic heterocycles. The van der Waals surface area contributed by atoms with E-state index in [1.54, 1.807) is 6.08 Å². The van der Waals surface area contributed by atoms with Crippen LogP contribution >= 0.6 is 27.7 Å². The van der Waals surface area contributed by atoms with Gasteiger partial charge in [0.05, 0.1) is 9.38 Å². The predicted octanol–water partition coefficient (Wildman–Crippen LogP) is 5.11. The number of hydrogen-bond donors (Lipinski definition) is 1. The third-order valence-electron chi connectivity index (χ3n) is 4.15. The number of nitrogens with zero attached hydrogens (tertiary/aromatic N) is 1. The molecule has 6 heteroatoms. The van der Waals surface area contributed by atoms with Gasteiger partial charge in [-0.1, -0.05) is 48.5 Å². The molecule has 1 aliphatic heterocycles. The van der Waals surface area contributed by atoms with Crippen molar-refractivity contribution in [1.29, 1.82) is 0 Å². The molecule has 0 saturated heterocycles. The molecule has 134 valence electrons. The van der Waals surface area contributed by atoms with Crippen molar-refractivity contribution in [3.8, 4) is 5.75 Å². The van der Waals surface area contributed by atoms with Crippen LogP contribution in [0.15, 0.2) is 75.0 Å². The van der Waals surface area contributed by atoms with Crippen molar-refractivity contribution in [2.45, 2.75) is 6.61 Å². The maximum Gasteiger partial charge on any atom is 0.286 e. The highest BCUT2D eigenvalue weighted by atomic mass is 79.9. The second-order valence-corrected chi connectivity index (χ2v) is 7.90. The fraction of sp³-hybridized carbons (Fsp3) is 0.0476. The third-order valence-corrected chi connectivity index (χ3v) is 5.59. The molecule has 0 atom stereocenters. The smallest absolute Gasteiger partial charge is 0.286 e. The van der Waals surface area contributed by atoms with Crippen LogP contribution in [0.3, 0.4) is 0 Å². The van der Waals surface area contributed by atoms with Crippen molar-refractivity contribution in [3.05, 3.63) is 81.2 Å². The molecule has 0 radical (unpaired) electrons. The van der Waals surface area contributed by atoms with Crippen LogP contribution in [0.2, 0.25) is 0 Å². The maximum absolute atomic E-state index is 11.7. The molecule has 4 rings (SSSR count). The Morgan fingerprint density at radius 3 is 2.70 bits per heavy atom. The van der Waals surface area contributed by atoms with E-state index in [0.717, 1.165) is 21.3 Å². The summed E-state index contributed by atoms with van der Waals surface area (Å²) >= 11 is 4.73. The molecule has 3 aromatic carbocycles. The summed E-state index contributed by atoms with van der Waals surface area (Å²) < 4.78 is 6.83. The Morgan fingerprint density at radius 1 is 1.11 bits per heavy atom. The molecule has 27 heavy (non-hydrogen) atoms. The van der Waals surface area contributed by atoms with Crippen LogP contribution in [0.5, 0.6) is 5.75 Å². The number of aliphatic imine (C=N–C) groups is 1. The molecular formula is C21H15BrN2O2S. The van der Waals surface area contributed by atoms with E-state index < -0.39 is 0 Å². The van der Waals surface area contributed by atoms with Crippen molar-refractivity contribution in [2.24, 2.45) is 10.7 Å². The molecule has 3 aromatic rings. The SMILES string of the molecule is NC1=NC(=O)C(=Cc2ccc(OCc3cccc4ccccc34)c(Br)c2)S1. The van der Waals surface area contributed by atoms with E-state index in [4.69, 9.17) is 10.5 Å². The van der Waals surface area contributed by atoms with Gasteiger partial charge in [-0.15, -0.1) is 0 Å². The maximum atomic E-state index is 11.7. The first-order valence-electron chi connectivity index (χ1n) is 8.27. The van der Waals surface area contributed by atoms with Crippen LogP contribution in [-0.2, 0) is 11.4 Å². The number of ether oxygens (including phenoxy) is 1. The van der Waals surface area contributed by atoms with Crippen LogP contribution in [0, 0.1) is 0 Å². The van der Waals surface area contributed by atoms with Crippen molar-refractivity contribution < 1.29 is 9.53 Å². The minimum atomic E-state index is -0.301. The fourth-order valence-electron chi connectivity index (χ4n) is 2.87. The third kappa shape index (κ3) is 3.91. The van der Waals surface area contributed by atoms with Crippen LogP contribution in [-0.4, -0.2) is 11.1 Å². The Balaban J connectivity index is 1.52. The second kappa shape index (κ2) is 7.58. The first-order chi connectivity index (χ1) is 13.1. The number of amides is 1.